The fourth-order valence-corrected chi connectivity index (χ4v) is 2.16. The quantitative estimate of drug-likeness (QED) is 0.788. The Kier molecular flexibility index (Phi) is 6.78. The zero-order chi connectivity index (χ0) is 18.9. The van der Waals surface area contributed by atoms with Gasteiger partial charge in [-0.2, -0.15) is 0 Å². The van der Waals surface area contributed by atoms with Crippen molar-refractivity contribution in [2.75, 3.05) is 26.1 Å². The molecule has 26 heavy (non-hydrogen) atoms. The fourth-order valence-electron chi connectivity index (χ4n) is 2.16. The molecule has 2 rings (SSSR count). The maximum atomic E-state index is 12.5. The van der Waals surface area contributed by atoms with Gasteiger partial charge in [0, 0.05) is 17.8 Å². The summed E-state index contributed by atoms with van der Waals surface area (Å²) in [5.74, 6) is 0.778. The first-order chi connectivity index (χ1) is 12.6. The van der Waals surface area contributed by atoms with Crippen LogP contribution in [0.15, 0.2) is 36.5 Å². The number of anilines is 1. The highest BCUT2D eigenvalue weighted by molar-refractivity contribution is 6.05. The van der Waals surface area contributed by atoms with E-state index >= 15 is 0 Å². The van der Waals surface area contributed by atoms with E-state index < -0.39 is 6.09 Å². The van der Waals surface area contributed by atoms with Crippen LogP contribution < -0.4 is 20.1 Å². The number of alkyl carbamates (subject to hydrolysis) is 1. The van der Waals surface area contributed by atoms with Gasteiger partial charge >= 0.3 is 6.09 Å². The van der Waals surface area contributed by atoms with Crippen molar-refractivity contribution in [3.63, 3.8) is 0 Å². The van der Waals surface area contributed by atoms with E-state index in [-0.39, 0.29) is 19.1 Å². The second kappa shape index (κ2) is 9.26. The fraction of sp³-hybridized carbons (Fsp3) is 0.278. The van der Waals surface area contributed by atoms with Crippen molar-refractivity contribution in [2.45, 2.75) is 13.5 Å². The summed E-state index contributed by atoms with van der Waals surface area (Å²) in [7, 11) is 3.06. The summed E-state index contributed by atoms with van der Waals surface area (Å²) in [6.45, 7) is 2.16. The second-order valence-corrected chi connectivity index (χ2v) is 5.13. The van der Waals surface area contributed by atoms with Gasteiger partial charge in [-0.1, -0.05) is 0 Å². The van der Waals surface area contributed by atoms with E-state index in [4.69, 9.17) is 14.2 Å². The van der Waals surface area contributed by atoms with E-state index in [9.17, 15) is 9.59 Å². The van der Waals surface area contributed by atoms with Crippen LogP contribution in [0.4, 0.5) is 10.5 Å². The van der Waals surface area contributed by atoms with Crippen LogP contribution in [0, 0.1) is 0 Å². The van der Waals surface area contributed by atoms with Crippen LogP contribution in [-0.4, -0.2) is 37.8 Å². The topological polar surface area (TPSA) is 98.8 Å². The van der Waals surface area contributed by atoms with E-state index in [0.29, 0.717) is 28.4 Å². The molecular weight excluding hydrogens is 338 g/mol. The average Bonchev–Trinajstić information content (AvgIpc) is 2.67. The zero-order valence-electron chi connectivity index (χ0n) is 14.9. The van der Waals surface area contributed by atoms with Gasteiger partial charge in [-0.3, -0.25) is 9.78 Å². The Morgan fingerprint density at radius 2 is 1.92 bits per heavy atom. The van der Waals surface area contributed by atoms with Crippen LogP contribution in [-0.2, 0) is 11.3 Å². The lowest BCUT2D eigenvalue weighted by molar-refractivity contribution is 0.102. The summed E-state index contributed by atoms with van der Waals surface area (Å²) in [6, 6.07) is 8.27. The Morgan fingerprint density at radius 1 is 1.12 bits per heavy atom. The molecule has 8 nitrogen and oxygen atoms in total. The summed E-state index contributed by atoms with van der Waals surface area (Å²) in [6.07, 6.45) is 0.967. The number of aromatic nitrogens is 1. The number of benzene rings is 1. The standard InChI is InChI=1S/C18H21N3O5/c1-4-26-18(23)20-11-13-9-12(7-8-19-13)17(22)21-15-6-5-14(24-2)10-16(15)25-3/h5-10H,4,11H2,1-3H3,(H,20,23)(H,21,22). The number of pyridine rings is 1. The molecule has 1 aromatic heterocycles. The molecule has 0 saturated heterocycles. The predicted molar refractivity (Wildman–Crippen MR) is 95.6 cm³/mol. The first-order valence-electron chi connectivity index (χ1n) is 7.96. The third-order valence-corrected chi connectivity index (χ3v) is 3.42. The lowest BCUT2D eigenvalue weighted by atomic mass is 10.2. The van der Waals surface area contributed by atoms with Gasteiger partial charge in [-0.25, -0.2) is 4.79 Å². The third kappa shape index (κ3) is 5.10. The molecule has 138 valence electrons. The van der Waals surface area contributed by atoms with Crippen LogP contribution >= 0.6 is 0 Å². The highest BCUT2D eigenvalue weighted by atomic mass is 16.5. The Bertz CT molecular complexity index is 779. The van der Waals surface area contributed by atoms with Gasteiger partial charge in [0.1, 0.15) is 11.5 Å². The summed E-state index contributed by atoms with van der Waals surface area (Å²) >= 11 is 0. The molecule has 2 amide bonds. The number of hydrogen-bond donors (Lipinski definition) is 2. The number of nitrogens with one attached hydrogen (secondary N) is 2. The lowest BCUT2D eigenvalue weighted by Crippen LogP contribution is -2.24. The predicted octanol–water partition coefficient (Wildman–Crippen LogP) is 2.60. The van der Waals surface area contributed by atoms with Gasteiger partial charge in [0.2, 0.25) is 0 Å². The second-order valence-electron chi connectivity index (χ2n) is 5.13. The first kappa shape index (κ1) is 19.0. The summed E-state index contributed by atoms with van der Waals surface area (Å²) in [5, 5.41) is 5.34. The van der Waals surface area contributed by atoms with E-state index in [1.165, 1.54) is 13.3 Å². The molecule has 0 aliphatic rings. The number of amides is 2. The number of methoxy groups -OCH3 is 2. The SMILES string of the molecule is CCOC(=O)NCc1cc(C(=O)Nc2ccc(OC)cc2OC)ccn1. The number of nitrogens with zero attached hydrogens (tertiary/aromatic N) is 1. The third-order valence-electron chi connectivity index (χ3n) is 3.42. The van der Waals surface area contributed by atoms with Crippen molar-refractivity contribution in [1.82, 2.24) is 10.3 Å². The van der Waals surface area contributed by atoms with Gasteiger partial charge in [-0.15, -0.1) is 0 Å². The van der Waals surface area contributed by atoms with Crippen LogP contribution in [0.25, 0.3) is 0 Å². The molecule has 0 fully saturated rings. The maximum absolute atomic E-state index is 12.5. The largest absolute Gasteiger partial charge is 0.497 e. The molecule has 1 heterocycles. The molecule has 0 bridgehead atoms. The first-order valence-corrected chi connectivity index (χ1v) is 7.96. The van der Waals surface area contributed by atoms with Gasteiger partial charge in [0.25, 0.3) is 5.91 Å². The smallest absolute Gasteiger partial charge is 0.407 e. The molecule has 0 aliphatic heterocycles. The number of rotatable bonds is 7. The van der Waals surface area contributed by atoms with Crippen molar-refractivity contribution in [3.05, 3.63) is 47.8 Å². The van der Waals surface area contributed by atoms with Crippen LogP contribution in [0.2, 0.25) is 0 Å². The minimum atomic E-state index is -0.535. The van der Waals surface area contributed by atoms with E-state index in [2.05, 4.69) is 15.6 Å². The van der Waals surface area contributed by atoms with Gasteiger partial charge in [0.15, 0.2) is 0 Å². The highest BCUT2D eigenvalue weighted by Crippen LogP contribution is 2.29. The lowest BCUT2D eigenvalue weighted by Gasteiger charge is -2.12. The minimum Gasteiger partial charge on any atom is -0.497 e. The van der Waals surface area contributed by atoms with E-state index in [1.54, 1.807) is 44.4 Å². The Morgan fingerprint density at radius 3 is 2.62 bits per heavy atom. The Balaban J connectivity index is 2.08. The van der Waals surface area contributed by atoms with Crippen LogP contribution in [0.3, 0.4) is 0 Å². The Hall–Kier alpha value is -3.29. The minimum absolute atomic E-state index is 0.159. The molecule has 8 heteroatoms. The van der Waals surface area contributed by atoms with E-state index in [1.807, 2.05) is 0 Å². The average molecular weight is 359 g/mol. The highest BCUT2D eigenvalue weighted by Gasteiger charge is 2.12. The van der Waals surface area contributed by atoms with Crippen LogP contribution in [0.1, 0.15) is 23.0 Å². The molecule has 0 atom stereocenters. The van der Waals surface area contributed by atoms with Crippen LogP contribution in [0.5, 0.6) is 11.5 Å². The van der Waals surface area contributed by atoms with Gasteiger partial charge in [0.05, 0.1) is 38.8 Å². The molecular formula is C18H21N3O5. The van der Waals surface area contributed by atoms with Crippen molar-refractivity contribution < 1.29 is 23.8 Å². The number of carbonyl (C=O) groups excluding carboxylic acids is 2. The number of ether oxygens (including phenoxy) is 3. The van der Waals surface area contributed by atoms with Crippen molar-refractivity contribution in [1.29, 1.82) is 0 Å². The number of carbonyl (C=O) groups is 2. The zero-order valence-corrected chi connectivity index (χ0v) is 14.9. The molecule has 0 spiro atoms. The molecule has 0 radical (unpaired) electrons. The van der Waals surface area contributed by atoms with Crippen molar-refractivity contribution in [2.24, 2.45) is 0 Å². The summed E-state index contributed by atoms with van der Waals surface area (Å²) < 4.78 is 15.2. The molecule has 2 N–H and O–H groups in total. The van der Waals surface area contributed by atoms with Crippen molar-refractivity contribution >= 4 is 17.7 Å². The molecule has 2 aromatic rings. The normalized spacial score (nSPS) is 9.96. The van der Waals surface area contributed by atoms with Crippen molar-refractivity contribution in [3.8, 4) is 11.5 Å². The molecule has 1 aromatic carbocycles. The monoisotopic (exact) mass is 359 g/mol. The number of hydrogen-bond acceptors (Lipinski definition) is 6. The maximum Gasteiger partial charge on any atom is 0.407 e. The molecule has 0 unspecified atom stereocenters. The Labute approximate surface area is 151 Å². The van der Waals surface area contributed by atoms with Gasteiger partial charge < -0.3 is 24.8 Å². The van der Waals surface area contributed by atoms with Gasteiger partial charge in [-0.05, 0) is 31.2 Å². The molecule has 0 aliphatic carbocycles. The summed E-state index contributed by atoms with van der Waals surface area (Å²) in [5.41, 5.74) is 1.45. The van der Waals surface area contributed by atoms with E-state index in [0.717, 1.165) is 0 Å². The molecule has 0 saturated carbocycles. The summed E-state index contributed by atoms with van der Waals surface area (Å²) in [4.78, 5) is 28.0.